The number of amides is 2. The van der Waals surface area contributed by atoms with E-state index < -0.39 is 0 Å². The van der Waals surface area contributed by atoms with Gasteiger partial charge in [0.1, 0.15) is 0 Å². The summed E-state index contributed by atoms with van der Waals surface area (Å²) in [6.45, 7) is 0.449. The Hall–Kier alpha value is -3.59. The molecule has 2 heterocycles. The molecule has 1 aliphatic rings. The lowest BCUT2D eigenvalue weighted by molar-refractivity contribution is 0.251. The molecule has 25 heavy (non-hydrogen) atoms. The Balaban J connectivity index is 1.47. The van der Waals surface area contributed by atoms with Crippen molar-refractivity contribution in [3.05, 3.63) is 72.2 Å². The van der Waals surface area contributed by atoms with E-state index in [9.17, 15) is 4.79 Å². The Labute approximate surface area is 144 Å². The van der Waals surface area contributed by atoms with Gasteiger partial charge in [0.2, 0.25) is 0 Å². The van der Waals surface area contributed by atoms with Crippen molar-refractivity contribution in [1.82, 2.24) is 14.9 Å². The lowest BCUT2D eigenvalue weighted by Gasteiger charge is -2.16. The maximum Gasteiger partial charge on any atom is 0.319 e. The van der Waals surface area contributed by atoms with Gasteiger partial charge in [-0.05, 0) is 23.8 Å². The van der Waals surface area contributed by atoms with Crippen molar-refractivity contribution >= 4 is 11.7 Å². The number of nitrogens with zero attached hydrogens (tertiary/aromatic N) is 3. The summed E-state index contributed by atoms with van der Waals surface area (Å²) in [6, 6.07) is 16.7. The number of fused-ring (bicyclic) bond motifs is 3. The number of nitriles is 1. The molecule has 0 saturated carbocycles. The van der Waals surface area contributed by atoms with E-state index in [0.717, 1.165) is 11.3 Å². The summed E-state index contributed by atoms with van der Waals surface area (Å²) in [5, 5.41) is 14.6. The number of aromatic nitrogens is 2. The van der Waals surface area contributed by atoms with Gasteiger partial charge in [0, 0.05) is 17.8 Å². The van der Waals surface area contributed by atoms with Gasteiger partial charge in [0.25, 0.3) is 0 Å². The second-order valence-corrected chi connectivity index (χ2v) is 5.82. The molecule has 1 atom stereocenters. The molecule has 3 aromatic rings. The minimum absolute atomic E-state index is 0.0184. The van der Waals surface area contributed by atoms with Crippen molar-refractivity contribution in [1.29, 1.82) is 5.26 Å². The molecule has 4 rings (SSSR count). The number of rotatable bonds is 3. The molecular weight excluding hydrogens is 314 g/mol. The molecule has 1 unspecified atom stereocenters. The summed E-state index contributed by atoms with van der Waals surface area (Å²) in [5.74, 6) is 0. The topological polar surface area (TPSA) is 82.7 Å². The lowest BCUT2D eigenvalue weighted by Crippen LogP contribution is -2.33. The van der Waals surface area contributed by atoms with Crippen LogP contribution in [0.25, 0.3) is 11.3 Å². The molecule has 1 aliphatic heterocycles. The van der Waals surface area contributed by atoms with Crippen molar-refractivity contribution < 1.29 is 4.79 Å². The average Bonchev–Trinajstić information content (AvgIpc) is 3.21. The molecule has 0 aliphatic carbocycles. The number of hydrogen-bond acceptors (Lipinski definition) is 3. The van der Waals surface area contributed by atoms with Crippen molar-refractivity contribution in [2.75, 3.05) is 11.9 Å². The van der Waals surface area contributed by atoms with E-state index in [4.69, 9.17) is 5.26 Å². The minimum atomic E-state index is -0.305. The standard InChI is InChI=1S/C19H15N5O/c20-9-13-4-3-5-14(8-13)23-19(25)22-11-18-16-7-2-1-6-15(16)17-10-21-12-24(17)18/h1-8,10,12,18H,11H2,(H2,22,23,25). The van der Waals surface area contributed by atoms with Crippen LogP contribution in [0.1, 0.15) is 17.2 Å². The van der Waals surface area contributed by atoms with Crippen molar-refractivity contribution in [2.24, 2.45) is 0 Å². The van der Waals surface area contributed by atoms with Crippen LogP contribution in [0.5, 0.6) is 0 Å². The minimum Gasteiger partial charge on any atom is -0.335 e. The van der Waals surface area contributed by atoms with Crippen LogP contribution in [0, 0.1) is 11.3 Å². The van der Waals surface area contributed by atoms with Crippen LogP contribution in [-0.4, -0.2) is 22.1 Å². The summed E-state index contributed by atoms with van der Waals surface area (Å²) in [7, 11) is 0. The Morgan fingerprint density at radius 3 is 3.00 bits per heavy atom. The highest BCUT2D eigenvalue weighted by Crippen LogP contribution is 2.38. The predicted octanol–water partition coefficient (Wildman–Crippen LogP) is 3.15. The van der Waals surface area contributed by atoms with Gasteiger partial charge < -0.3 is 15.2 Å². The number of benzene rings is 2. The molecule has 0 saturated heterocycles. The fourth-order valence-corrected chi connectivity index (χ4v) is 3.17. The highest BCUT2D eigenvalue weighted by atomic mass is 16.2. The molecule has 1 aromatic heterocycles. The monoisotopic (exact) mass is 329 g/mol. The van der Waals surface area contributed by atoms with E-state index in [1.807, 2.05) is 18.3 Å². The Bertz CT molecular complexity index is 985. The van der Waals surface area contributed by atoms with E-state index in [1.54, 1.807) is 30.6 Å². The van der Waals surface area contributed by atoms with Crippen LogP contribution in [-0.2, 0) is 0 Å². The second kappa shape index (κ2) is 6.13. The van der Waals surface area contributed by atoms with Gasteiger partial charge in [-0.1, -0.05) is 30.3 Å². The third-order valence-corrected chi connectivity index (χ3v) is 4.30. The van der Waals surface area contributed by atoms with E-state index in [2.05, 4.69) is 38.4 Å². The van der Waals surface area contributed by atoms with Gasteiger partial charge in [-0.3, -0.25) is 0 Å². The summed E-state index contributed by atoms with van der Waals surface area (Å²) < 4.78 is 2.07. The first kappa shape index (κ1) is 15.0. The normalized spacial score (nSPS) is 14.3. The highest BCUT2D eigenvalue weighted by Gasteiger charge is 2.28. The van der Waals surface area contributed by atoms with Crippen molar-refractivity contribution in [3.8, 4) is 17.3 Å². The number of carbonyl (C=O) groups excluding carboxylic acids is 1. The number of urea groups is 1. The first-order valence-corrected chi connectivity index (χ1v) is 7.92. The molecule has 0 spiro atoms. The highest BCUT2D eigenvalue weighted by molar-refractivity contribution is 5.89. The zero-order valence-corrected chi connectivity index (χ0v) is 13.3. The van der Waals surface area contributed by atoms with Gasteiger partial charge in [-0.25, -0.2) is 9.78 Å². The molecule has 122 valence electrons. The van der Waals surface area contributed by atoms with Crippen LogP contribution in [0.4, 0.5) is 10.5 Å². The molecule has 0 bridgehead atoms. The summed E-state index contributed by atoms with van der Waals surface area (Å²) >= 11 is 0. The van der Waals surface area contributed by atoms with Crippen LogP contribution < -0.4 is 10.6 Å². The molecule has 2 N–H and O–H groups in total. The number of anilines is 1. The zero-order valence-electron chi connectivity index (χ0n) is 13.3. The fourth-order valence-electron chi connectivity index (χ4n) is 3.17. The number of nitrogens with one attached hydrogen (secondary N) is 2. The maximum atomic E-state index is 12.2. The van der Waals surface area contributed by atoms with E-state index in [1.165, 1.54) is 5.56 Å². The number of hydrogen-bond donors (Lipinski definition) is 2. The van der Waals surface area contributed by atoms with Crippen LogP contribution in [0.3, 0.4) is 0 Å². The van der Waals surface area contributed by atoms with Crippen LogP contribution in [0.15, 0.2) is 61.1 Å². The van der Waals surface area contributed by atoms with Gasteiger partial charge in [-0.15, -0.1) is 0 Å². The molecule has 0 radical (unpaired) electrons. The molecular formula is C19H15N5O. The lowest BCUT2D eigenvalue weighted by atomic mass is 10.0. The first-order valence-electron chi connectivity index (χ1n) is 7.92. The molecule has 2 amide bonds. The quantitative estimate of drug-likeness (QED) is 0.774. The predicted molar refractivity (Wildman–Crippen MR) is 94.0 cm³/mol. The molecule has 6 heteroatoms. The average molecular weight is 329 g/mol. The largest absolute Gasteiger partial charge is 0.335 e. The second-order valence-electron chi connectivity index (χ2n) is 5.82. The Morgan fingerprint density at radius 1 is 1.24 bits per heavy atom. The maximum absolute atomic E-state index is 12.2. The summed E-state index contributed by atoms with van der Waals surface area (Å²) in [5.41, 5.74) is 4.47. The van der Waals surface area contributed by atoms with Gasteiger partial charge >= 0.3 is 6.03 Å². The first-order chi connectivity index (χ1) is 12.3. The Morgan fingerprint density at radius 2 is 2.12 bits per heavy atom. The molecule has 6 nitrogen and oxygen atoms in total. The van der Waals surface area contributed by atoms with Crippen LogP contribution in [0.2, 0.25) is 0 Å². The number of carbonyl (C=O) groups is 1. The fraction of sp³-hybridized carbons (Fsp3) is 0.105. The summed E-state index contributed by atoms with van der Waals surface area (Å²) in [4.78, 5) is 16.4. The third-order valence-electron chi connectivity index (χ3n) is 4.30. The summed E-state index contributed by atoms with van der Waals surface area (Å²) in [6.07, 6.45) is 3.63. The SMILES string of the molecule is N#Cc1cccc(NC(=O)NCC2c3ccccc3-c3cncn32)c1. The van der Waals surface area contributed by atoms with E-state index in [-0.39, 0.29) is 12.1 Å². The smallest absolute Gasteiger partial charge is 0.319 e. The molecule has 0 fully saturated rings. The Kier molecular flexibility index (Phi) is 3.67. The van der Waals surface area contributed by atoms with Crippen molar-refractivity contribution in [2.45, 2.75) is 6.04 Å². The van der Waals surface area contributed by atoms with Gasteiger partial charge in [-0.2, -0.15) is 5.26 Å². The van der Waals surface area contributed by atoms with Crippen molar-refractivity contribution in [3.63, 3.8) is 0 Å². The van der Waals surface area contributed by atoms with E-state index in [0.29, 0.717) is 17.8 Å². The molecule has 2 aromatic carbocycles. The third kappa shape index (κ3) is 2.72. The van der Waals surface area contributed by atoms with Crippen LogP contribution >= 0.6 is 0 Å². The number of imidazole rings is 1. The zero-order chi connectivity index (χ0) is 17.2. The van der Waals surface area contributed by atoms with Gasteiger partial charge in [0.15, 0.2) is 0 Å². The van der Waals surface area contributed by atoms with Gasteiger partial charge in [0.05, 0.1) is 35.9 Å². The van der Waals surface area contributed by atoms with E-state index >= 15 is 0 Å².